The van der Waals surface area contributed by atoms with Crippen molar-refractivity contribution in [3.8, 4) is 0 Å². The minimum absolute atomic E-state index is 0.242. The Balaban J connectivity index is 2.10. The average molecular weight is 236 g/mol. The highest BCUT2D eigenvalue weighted by Gasteiger charge is 2.16. The Bertz CT molecular complexity index is 363. The Kier molecular flexibility index (Phi) is 3.93. The predicted octanol–water partition coefficient (Wildman–Crippen LogP) is -0.175. The number of anilines is 1. The van der Waals surface area contributed by atoms with Gasteiger partial charge in [-0.3, -0.25) is 0 Å². The Hall–Kier alpha value is -1.17. The summed E-state index contributed by atoms with van der Waals surface area (Å²) in [6.07, 6.45) is 1.14. The Labute approximate surface area is 102 Å². The Morgan fingerprint density at radius 3 is 2.76 bits per heavy atom. The fourth-order valence-electron chi connectivity index (χ4n) is 1.99. The Morgan fingerprint density at radius 2 is 2.12 bits per heavy atom. The number of likely N-dealkylation sites (N-methyl/N-ethyl adjacent to an activating group) is 1. The van der Waals surface area contributed by atoms with Gasteiger partial charge in [-0.25, -0.2) is 4.98 Å². The summed E-state index contributed by atoms with van der Waals surface area (Å²) in [5.74, 6) is 0.933. The first kappa shape index (κ1) is 12.3. The molecule has 1 atom stereocenters. The molecule has 0 amide bonds. The van der Waals surface area contributed by atoms with Crippen LogP contribution in [0, 0.1) is 0 Å². The van der Waals surface area contributed by atoms with Gasteiger partial charge in [-0.1, -0.05) is 0 Å². The molecule has 0 spiro atoms. The number of pyridine rings is 1. The summed E-state index contributed by atoms with van der Waals surface area (Å²) in [5.41, 5.74) is 6.30. The zero-order chi connectivity index (χ0) is 12.3. The highest BCUT2D eigenvalue weighted by molar-refractivity contribution is 5.42. The summed E-state index contributed by atoms with van der Waals surface area (Å²) in [7, 11) is 2.12. The number of nitrogens with zero attached hydrogens (tertiary/aromatic N) is 3. The van der Waals surface area contributed by atoms with E-state index in [-0.39, 0.29) is 6.54 Å². The van der Waals surface area contributed by atoms with Gasteiger partial charge in [0.1, 0.15) is 5.82 Å². The highest BCUT2D eigenvalue weighted by atomic mass is 16.3. The molecule has 1 unspecified atom stereocenters. The molecule has 0 radical (unpaired) electrons. The molecule has 5 nitrogen and oxygen atoms in total. The van der Waals surface area contributed by atoms with Gasteiger partial charge in [0.25, 0.3) is 0 Å². The van der Waals surface area contributed by atoms with E-state index in [1.54, 1.807) is 6.20 Å². The van der Waals surface area contributed by atoms with Gasteiger partial charge in [0.05, 0.1) is 6.10 Å². The van der Waals surface area contributed by atoms with Crippen molar-refractivity contribution in [1.29, 1.82) is 0 Å². The third-order valence-corrected chi connectivity index (χ3v) is 3.20. The van der Waals surface area contributed by atoms with Crippen LogP contribution in [0.1, 0.15) is 11.7 Å². The lowest BCUT2D eigenvalue weighted by Gasteiger charge is -2.33. The summed E-state index contributed by atoms with van der Waals surface area (Å²) < 4.78 is 0. The fourth-order valence-corrected chi connectivity index (χ4v) is 1.99. The van der Waals surface area contributed by atoms with Crippen molar-refractivity contribution >= 4 is 5.82 Å². The second-order valence-electron chi connectivity index (χ2n) is 4.49. The summed E-state index contributed by atoms with van der Waals surface area (Å²) in [5, 5.41) is 9.71. The Morgan fingerprint density at radius 1 is 1.41 bits per heavy atom. The molecular weight excluding hydrogens is 216 g/mol. The van der Waals surface area contributed by atoms with Crippen LogP contribution >= 0.6 is 0 Å². The number of nitrogens with two attached hydrogens (primary N) is 1. The molecule has 1 aromatic heterocycles. The SMILES string of the molecule is CN1CCN(c2cc(C(O)CN)ccn2)CC1. The van der Waals surface area contributed by atoms with Gasteiger partial charge in [0.15, 0.2) is 0 Å². The van der Waals surface area contributed by atoms with Crippen LogP contribution in [0.2, 0.25) is 0 Å². The lowest BCUT2D eigenvalue weighted by molar-refractivity contribution is 0.186. The second kappa shape index (κ2) is 5.44. The first-order valence-corrected chi connectivity index (χ1v) is 5.98. The smallest absolute Gasteiger partial charge is 0.128 e. The second-order valence-corrected chi connectivity index (χ2v) is 4.49. The lowest BCUT2D eigenvalue weighted by atomic mass is 10.1. The monoisotopic (exact) mass is 236 g/mol. The lowest BCUT2D eigenvalue weighted by Crippen LogP contribution is -2.44. The van der Waals surface area contributed by atoms with E-state index in [2.05, 4.69) is 21.8 Å². The van der Waals surface area contributed by atoms with Crippen molar-refractivity contribution in [3.05, 3.63) is 23.9 Å². The molecule has 1 aromatic rings. The van der Waals surface area contributed by atoms with E-state index in [4.69, 9.17) is 5.73 Å². The molecular formula is C12H20N4O. The van der Waals surface area contributed by atoms with Crippen molar-refractivity contribution < 1.29 is 5.11 Å². The van der Waals surface area contributed by atoms with Crippen molar-refractivity contribution in [3.63, 3.8) is 0 Å². The molecule has 94 valence electrons. The molecule has 0 bridgehead atoms. The van der Waals surface area contributed by atoms with Crippen LogP contribution in [0.4, 0.5) is 5.82 Å². The average Bonchev–Trinajstić information content (AvgIpc) is 2.39. The number of rotatable bonds is 3. The van der Waals surface area contributed by atoms with Crippen molar-refractivity contribution in [2.45, 2.75) is 6.10 Å². The van der Waals surface area contributed by atoms with Crippen LogP contribution < -0.4 is 10.6 Å². The van der Waals surface area contributed by atoms with Gasteiger partial charge in [-0.05, 0) is 24.7 Å². The normalized spacial score (nSPS) is 19.4. The molecule has 17 heavy (non-hydrogen) atoms. The first-order valence-electron chi connectivity index (χ1n) is 5.98. The number of hydrogen-bond donors (Lipinski definition) is 2. The molecule has 1 saturated heterocycles. The minimum atomic E-state index is -0.593. The minimum Gasteiger partial charge on any atom is -0.387 e. The van der Waals surface area contributed by atoms with Gasteiger partial charge in [0, 0.05) is 38.9 Å². The van der Waals surface area contributed by atoms with E-state index in [0.717, 1.165) is 37.6 Å². The molecule has 1 aliphatic heterocycles. The highest BCUT2D eigenvalue weighted by Crippen LogP contribution is 2.18. The number of hydrogen-bond acceptors (Lipinski definition) is 5. The molecule has 0 aliphatic carbocycles. The van der Waals surface area contributed by atoms with E-state index >= 15 is 0 Å². The van der Waals surface area contributed by atoms with E-state index in [1.165, 1.54) is 0 Å². The number of aromatic nitrogens is 1. The molecule has 0 aromatic carbocycles. The first-order chi connectivity index (χ1) is 8.20. The van der Waals surface area contributed by atoms with Gasteiger partial charge >= 0.3 is 0 Å². The van der Waals surface area contributed by atoms with E-state index in [9.17, 15) is 5.11 Å². The number of aliphatic hydroxyl groups is 1. The molecule has 3 N–H and O–H groups in total. The maximum atomic E-state index is 9.71. The van der Waals surface area contributed by atoms with E-state index < -0.39 is 6.10 Å². The number of piperazine rings is 1. The van der Waals surface area contributed by atoms with Crippen LogP contribution in [0.5, 0.6) is 0 Å². The maximum absolute atomic E-state index is 9.71. The predicted molar refractivity (Wildman–Crippen MR) is 68.0 cm³/mol. The molecule has 1 fully saturated rings. The van der Waals surface area contributed by atoms with Crippen LogP contribution in [0.25, 0.3) is 0 Å². The number of aliphatic hydroxyl groups excluding tert-OH is 1. The quantitative estimate of drug-likeness (QED) is 0.762. The van der Waals surface area contributed by atoms with Crippen molar-refractivity contribution in [2.24, 2.45) is 5.73 Å². The molecule has 2 rings (SSSR count). The molecule has 2 heterocycles. The third-order valence-electron chi connectivity index (χ3n) is 3.20. The van der Waals surface area contributed by atoms with E-state index in [1.807, 2.05) is 12.1 Å². The largest absolute Gasteiger partial charge is 0.387 e. The fraction of sp³-hybridized carbons (Fsp3) is 0.583. The van der Waals surface area contributed by atoms with Gasteiger partial charge < -0.3 is 20.6 Å². The summed E-state index contributed by atoms with van der Waals surface area (Å²) in [6.45, 7) is 4.29. The van der Waals surface area contributed by atoms with Crippen LogP contribution in [-0.2, 0) is 0 Å². The zero-order valence-corrected chi connectivity index (χ0v) is 10.2. The standard InChI is InChI=1S/C12H20N4O/c1-15-4-6-16(7-5-15)12-8-10(2-3-14-12)11(17)9-13/h2-3,8,11,17H,4-7,9,13H2,1H3. The van der Waals surface area contributed by atoms with Crippen LogP contribution in [0.3, 0.4) is 0 Å². The van der Waals surface area contributed by atoms with E-state index in [0.29, 0.717) is 0 Å². The summed E-state index contributed by atoms with van der Waals surface area (Å²) in [6, 6.07) is 3.75. The third kappa shape index (κ3) is 2.94. The maximum Gasteiger partial charge on any atom is 0.128 e. The van der Waals surface area contributed by atoms with Crippen LogP contribution in [0.15, 0.2) is 18.3 Å². The molecule has 0 saturated carbocycles. The van der Waals surface area contributed by atoms with Crippen LogP contribution in [-0.4, -0.2) is 54.8 Å². The summed E-state index contributed by atoms with van der Waals surface area (Å²) >= 11 is 0. The van der Waals surface area contributed by atoms with Crippen molar-refractivity contribution in [1.82, 2.24) is 9.88 Å². The van der Waals surface area contributed by atoms with Crippen molar-refractivity contribution in [2.75, 3.05) is 44.7 Å². The molecule has 1 aliphatic rings. The topological polar surface area (TPSA) is 65.6 Å². The van der Waals surface area contributed by atoms with Gasteiger partial charge in [0.2, 0.25) is 0 Å². The van der Waals surface area contributed by atoms with Gasteiger partial charge in [-0.2, -0.15) is 0 Å². The van der Waals surface area contributed by atoms with Gasteiger partial charge in [-0.15, -0.1) is 0 Å². The zero-order valence-electron chi connectivity index (χ0n) is 10.2. The summed E-state index contributed by atoms with van der Waals surface area (Å²) in [4.78, 5) is 8.90. The molecule has 5 heteroatoms.